The van der Waals surface area contributed by atoms with Crippen molar-refractivity contribution in [2.75, 3.05) is 17.1 Å². The van der Waals surface area contributed by atoms with Crippen LogP contribution in [0.4, 0.5) is 5.69 Å². The molecule has 1 N–H and O–H groups in total. The molecule has 2 aromatic rings. The number of hydrogen-bond acceptors (Lipinski definition) is 3. The Balaban J connectivity index is 1.65. The number of nitrogens with zero attached hydrogens (tertiary/aromatic N) is 1. The van der Waals surface area contributed by atoms with Gasteiger partial charge in [0, 0.05) is 16.6 Å². The van der Waals surface area contributed by atoms with E-state index in [4.69, 9.17) is 0 Å². The van der Waals surface area contributed by atoms with E-state index in [2.05, 4.69) is 21.2 Å². The molecule has 0 radical (unpaired) electrons. The number of rotatable bonds is 7. The van der Waals surface area contributed by atoms with Crippen molar-refractivity contribution in [1.82, 2.24) is 5.32 Å². The monoisotopic (exact) mass is 478 g/mol. The Morgan fingerprint density at radius 3 is 2.41 bits per heavy atom. The van der Waals surface area contributed by atoms with Gasteiger partial charge in [-0.25, -0.2) is 8.42 Å². The van der Waals surface area contributed by atoms with Crippen LogP contribution in [-0.2, 0) is 16.6 Å². The van der Waals surface area contributed by atoms with Gasteiger partial charge in [0.2, 0.25) is 10.0 Å². The standard InChI is InChI=1S/C22H27BrN2O3S/c1-29(27,28)25(21-9-5-8-20(23)14-21)16-18-10-12-19(13-11-18)22(26)24-15-17-6-3-2-4-7-17/h5,8-14,17H,2-4,6-7,15-16H2,1H3,(H,24,26). The fourth-order valence-corrected chi connectivity index (χ4v) is 4.96. The summed E-state index contributed by atoms with van der Waals surface area (Å²) in [5.41, 5.74) is 2.01. The van der Waals surface area contributed by atoms with Crippen molar-refractivity contribution in [1.29, 1.82) is 0 Å². The van der Waals surface area contributed by atoms with Crippen LogP contribution in [0.1, 0.15) is 48.0 Å². The van der Waals surface area contributed by atoms with E-state index < -0.39 is 10.0 Å². The lowest BCUT2D eigenvalue weighted by molar-refractivity contribution is 0.0943. The largest absolute Gasteiger partial charge is 0.352 e. The molecule has 1 aliphatic rings. The highest BCUT2D eigenvalue weighted by Gasteiger charge is 2.19. The molecule has 0 heterocycles. The predicted octanol–water partition coefficient (Wildman–Crippen LogP) is 4.73. The second-order valence-electron chi connectivity index (χ2n) is 7.66. The summed E-state index contributed by atoms with van der Waals surface area (Å²) >= 11 is 3.39. The van der Waals surface area contributed by atoms with Crippen molar-refractivity contribution < 1.29 is 13.2 Å². The maximum atomic E-state index is 12.4. The van der Waals surface area contributed by atoms with E-state index in [9.17, 15) is 13.2 Å². The molecule has 29 heavy (non-hydrogen) atoms. The van der Waals surface area contributed by atoms with Crippen molar-refractivity contribution in [2.45, 2.75) is 38.6 Å². The lowest BCUT2D eigenvalue weighted by Gasteiger charge is -2.23. The summed E-state index contributed by atoms with van der Waals surface area (Å²) in [4.78, 5) is 12.4. The summed E-state index contributed by atoms with van der Waals surface area (Å²) in [7, 11) is -3.45. The van der Waals surface area contributed by atoms with Gasteiger partial charge in [-0.05, 0) is 54.7 Å². The molecule has 0 bridgehead atoms. The minimum absolute atomic E-state index is 0.0749. The van der Waals surface area contributed by atoms with Gasteiger partial charge in [0.15, 0.2) is 0 Å². The fourth-order valence-electron chi connectivity index (χ4n) is 3.69. The first-order valence-electron chi connectivity index (χ1n) is 9.93. The number of nitrogens with one attached hydrogen (secondary N) is 1. The number of carbonyl (C=O) groups is 1. The van der Waals surface area contributed by atoms with Gasteiger partial charge < -0.3 is 5.32 Å². The van der Waals surface area contributed by atoms with Crippen LogP contribution in [0.3, 0.4) is 0 Å². The van der Waals surface area contributed by atoms with E-state index in [0.29, 0.717) is 17.2 Å². The van der Waals surface area contributed by atoms with E-state index in [-0.39, 0.29) is 12.5 Å². The molecule has 1 saturated carbocycles. The minimum Gasteiger partial charge on any atom is -0.352 e. The molecule has 2 aromatic carbocycles. The Labute approximate surface area is 181 Å². The van der Waals surface area contributed by atoms with Gasteiger partial charge in [0.1, 0.15) is 0 Å². The van der Waals surface area contributed by atoms with Crippen LogP contribution >= 0.6 is 15.9 Å². The molecule has 5 nitrogen and oxygen atoms in total. The zero-order chi connectivity index (χ0) is 20.9. The molecule has 0 atom stereocenters. The van der Waals surface area contributed by atoms with Gasteiger partial charge in [-0.1, -0.05) is 53.4 Å². The zero-order valence-corrected chi connectivity index (χ0v) is 19.0. The Bertz CT molecular complexity index is 939. The second kappa shape index (κ2) is 9.76. The molecular weight excluding hydrogens is 452 g/mol. The third-order valence-corrected chi connectivity index (χ3v) is 6.95. The summed E-state index contributed by atoms with van der Waals surface area (Å²) in [6.07, 6.45) is 7.39. The molecule has 7 heteroatoms. The molecule has 0 saturated heterocycles. The van der Waals surface area contributed by atoms with Crippen molar-refractivity contribution >= 4 is 37.5 Å². The third-order valence-electron chi connectivity index (χ3n) is 5.31. The Hall–Kier alpha value is -1.86. The quantitative estimate of drug-likeness (QED) is 0.625. The SMILES string of the molecule is CS(=O)(=O)N(Cc1ccc(C(=O)NCC2CCCCC2)cc1)c1cccc(Br)c1. The fraction of sp³-hybridized carbons (Fsp3) is 0.409. The maximum Gasteiger partial charge on any atom is 0.251 e. The lowest BCUT2D eigenvalue weighted by atomic mass is 9.89. The van der Waals surface area contributed by atoms with E-state index in [1.54, 1.807) is 30.3 Å². The molecule has 0 aromatic heterocycles. The highest BCUT2D eigenvalue weighted by atomic mass is 79.9. The summed E-state index contributed by atoms with van der Waals surface area (Å²) in [6, 6.07) is 14.3. The van der Waals surface area contributed by atoms with E-state index in [1.807, 2.05) is 18.2 Å². The Kier molecular flexibility index (Phi) is 7.35. The van der Waals surface area contributed by atoms with Gasteiger partial charge >= 0.3 is 0 Å². The number of halogens is 1. The van der Waals surface area contributed by atoms with Crippen LogP contribution in [0.2, 0.25) is 0 Å². The number of carbonyl (C=O) groups excluding carboxylic acids is 1. The van der Waals surface area contributed by atoms with Crippen LogP contribution in [0.15, 0.2) is 53.0 Å². The number of anilines is 1. The first kappa shape index (κ1) is 21.8. The van der Waals surface area contributed by atoms with E-state index >= 15 is 0 Å². The predicted molar refractivity (Wildman–Crippen MR) is 121 cm³/mol. The minimum atomic E-state index is -3.45. The second-order valence-corrected chi connectivity index (χ2v) is 10.5. The van der Waals surface area contributed by atoms with Gasteiger partial charge in [-0.15, -0.1) is 0 Å². The summed E-state index contributed by atoms with van der Waals surface area (Å²) < 4.78 is 26.8. The molecule has 1 aliphatic carbocycles. The van der Waals surface area contributed by atoms with Crippen LogP contribution in [0, 0.1) is 5.92 Å². The number of sulfonamides is 1. The van der Waals surface area contributed by atoms with Gasteiger partial charge in [-0.3, -0.25) is 9.10 Å². The molecule has 0 aliphatic heterocycles. The number of hydrogen-bond donors (Lipinski definition) is 1. The molecule has 3 rings (SSSR count). The van der Waals surface area contributed by atoms with Crippen LogP contribution in [0.5, 0.6) is 0 Å². The van der Waals surface area contributed by atoms with Gasteiger partial charge in [0.25, 0.3) is 5.91 Å². The maximum absolute atomic E-state index is 12.4. The van der Waals surface area contributed by atoms with Gasteiger partial charge in [0.05, 0.1) is 18.5 Å². The normalized spacial score (nSPS) is 15.1. The van der Waals surface area contributed by atoms with Crippen molar-refractivity contribution in [3.05, 3.63) is 64.1 Å². The van der Waals surface area contributed by atoms with Gasteiger partial charge in [-0.2, -0.15) is 0 Å². The number of benzene rings is 2. The Morgan fingerprint density at radius 2 is 1.79 bits per heavy atom. The summed E-state index contributed by atoms with van der Waals surface area (Å²) in [5.74, 6) is 0.509. The average Bonchev–Trinajstić information content (AvgIpc) is 2.70. The molecule has 0 unspecified atom stereocenters. The molecule has 1 amide bonds. The topological polar surface area (TPSA) is 66.5 Å². The molecule has 0 spiro atoms. The molecule has 1 fully saturated rings. The van der Waals surface area contributed by atoms with Crippen molar-refractivity contribution in [3.63, 3.8) is 0 Å². The van der Waals surface area contributed by atoms with Crippen LogP contribution < -0.4 is 9.62 Å². The van der Waals surface area contributed by atoms with Crippen LogP contribution in [-0.4, -0.2) is 27.1 Å². The number of amides is 1. The van der Waals surface area contributed by atoms with E-state index in [1.165, 1.54) is 42.7 Å². The van der Waals surface area contributed by atoms with Crippen molar-refractivity contribution in [2.24, 2.45) is 5.92 Å². The first-order chi connectivity index (χ1) is 13.8. The van der Waals surface area contributed by atoms with E-state index in [0.717, 1.165) is 16.6 Å². The first-order valence-corrected chi connectivity index (χ1v) is 12.6. The molecular formula is C22H27BrN2O3S. The zero-order valence-electron chi connectivity index (χ0n) is 16.6. The molecule has 156 valence electrons. The third kappa shape index (κ3) is 6.31. The lowest BCUT2D eigenvalue weighted by Crippen LogP contribution is -2.30. The smallest absolute Gasteiger partial charge is 0.251 e. The average molecular weight is 479 g/mol. The van der Waals surface area contributed by atoms with Crippen LogP contribution in [0.25, 0.3) is 0 Å². The summed E-state index contributed by atoms with van der Waals surface area (Å²) in [5, 5.41) is 3.03. The highest BCUT2D eigenvalue weighted by Crippen LogP contribution is 2.25. The Morgan fingerprint density at radius 1 is 1.10 bits per heavy atom. The highest BCUT2D eigenvalue weighted by molar-refractivity contribution is 9.10. The van der Waals surface area contributed by atoms with Crippen molar-refractivity contribution in [3.8, 4) is 0 Å². The summed E-state index contributed by atoms with van der Waals surface area (Å²) in [6.45, 7) is 0.935.